The molecule has 0 aliphatic carbocycles. The van der Waals surface area contributed by atoms with Crippen molar-refractivity contribution in [3.63, 3.8) is 0 Å². The van der Waals surface area contributed by atoms with E-state index in [-0.39, 0.29) is 12.5 Å². The van der Waals surface area contributed by atoms with Gasteiger partial charge in [-0.15, -0.1) is 0 Å². The van der Waals surface area contributed by atoms with Crippen LogP contribution >= 0.6 is 23.2 Å². The van der Waals surface area contributed by atoms with Crippen LogP contribution in [0.15, 0.2) is 18.2 Å². The summed E-state index contributed by atoms with van der Waals surface area (Å²) in [6, 6.07) is 4.75. The molecule has 0 saturated carbocycles. The number of carbonyl (C=O) groups excluding carboxylic acids is 3. The third-order valence-electron chi connectivity index (χ3n) is 4.90. The zero-order valence-corrected chi connectivity index (χ0v) is 20.0. The second kappa shape index (κ2) is 11.6. The van der Waals surface area contributed by atoms with E-state index in [1.54, 1.807) is 18.2 Å². The molecular formula is C20H26BCl2N3O7. The van der Waals surface area contributed by atoms with Crippen LogP contribution in [-0.4, -0.2) is 61.1 Å². The highest BCUT2D eigenvalue weighted by Gasteiger charge is 2.54. The number of halogens is 2. The lowest BCUT2D eigenvalue weighted by molar-refractivity contribution is -0.172. The average molecular weight is 502 g/mol. The van der Waals surface area contributed by atoms with Crippen molar-refractivity contribution in [3.8, 4) is 0 Å². The molecule has 2 rings (SSSR count). The summed E-state index contributed by atoms with van der Waals surface area (Å²) in [5.74, 6) is -4.23. The van der Waals surface area contributed by atoms with Gasteiger partial charge in [0.2, 0.25) is 11.8 Å². The highest BCUT2D eigenvalue weighted by atomic mass is 35.5. The van der Waals surface area contributed by atoms with Gasteiger partial charge in [0.05, 0.1) is 36.0 Å². The Morgan fingerprint density at radius 1 is 1.24 bits per heavy atom. The maximum Gasteiger partial charge on any atom is 0.552 e. The lowest BCUT2D eigenvalue weighted by Crippen LogP contribution is -2.62. The summed E-state index contributed by atoms with van der Waals surface area (Å²) in [4.78, 5) is 48.8. The van der Waals surface area contributed by atoms with E-state index in [2.05, 4.69) is 16.0 Å². The molecule has 10 nitrogen and oxygen atoms in total. The van der Waals surface area contributed by atoms with Crippen molar-refractivity contribution in [2.75, 3.05) is 18.9 Å². The number of hydrogen-bond donors (Lipinski definition) is 4. The van der Waals surface area contributed by atoms with Crippen molar-refractivity contribution in [1.29, 1.82) is 0 Å². The van der Waals surface area contributed by atoms with E-state index in [0.717, 1.165) is 0 Å². The monoisotopic (exact) mass is 501 g/mol. The van der Waals surface area contributed by atoms with Crippen LogP contribution in [-0.2, 0) is 28.5 Å². The Kier molecular flexibility index (Phi) is 9.39. The molecule has 0 radical (unpaired) electrons. The molecule has 1 saturated heterocycles. The molecule has 0 unspecified atom stereocenters. The molecule has 13 heteroatoms. The van der Waals surface area contributed by atoms with Crippen LogP contribution in [0, 0.1) is 5.92 Å². The standard InChI is InChI=1S/C20H26BCl2N3O7/c1-11(2)6-15(26-17(28)10-25-14-7-12(22)4-5-13(14)23)21-32-18(29)9-20(33-21,19(30)31)8-16(27)24-3/h4-5,7,11,15,25H,6,8-10H2,1-3H3,(H,24,27)(H,26,28)(H,30,31)/t15-,20-/m0/s1. The topological polar surface area (TPSA) is 143 Å². The van der Waals surface area contributed by atoms with Crippen molar-refractivity contribution in [3.05, 3.63) is 28.2 Å². The van der Waals surface area contributed by atoms with Gasteiger partial charge in [-0.25, -0.2) is 4.79 Å². The normalized spacial score (nSPS) is 19.0. The van der Waals surface area contributed by atoms with Gasteiger partial charge in [-0.3, -0.25) is 14.4 Å². The van der Waals surface area contributed by atoms with Gasteiger partial charge < -0.3 is 30.4 Å². The summed E-state index contributed by atoms with van der Waals surface area (Å²) in [7, 11) is -0.0505. The Labute approximate surface area is 201 Å². The van der Waals surface area contributed by atoms with Gasteiger partial charge >= 0.3 is 13.1 Å². The van der Waals surface area contributed by atoms with Crippen LogP contribution in [0.3, 0.4) is 0 Å². The maximum absolute atomic E-state index is 12.6. The SMILES string of the molecule is CNC(=O)C[C@@]1(C(=O)O)CC(=O)OB([C@H](CC(C)C)NC(=O)CNc2cc(Cl)ccc2Cl)O1. The number of carboxylic acid groups (broad SMARTS) is 1. The highest BCUT2D eigenvalue weighted by molar-refractivity contribution is 6.50. The smallest absolute Gasteiger partial charge is 0.508 e. The van der Waals surface area contributed by atoms with E-state index in [1.165, 1.54) is 7.05 Å². The zero-order valence-electron chi connectivity index (χ0n) is 18.4. The van der Waals surface area contributed by atoms with Gasteiger partial charge in [0.1, 0.15) is 0 Å². The molecule has 1 aliphatic rings. The van der Waals surface area contributed by atoms with E-state index < -0.39 is 55.3 Å². The molecule has 0 aromatic heterocycles. The zero-order chi connectivity index (χ0) is 24.8. The number of hydrogen-bond acceptors (Lipinski definition) is 7. The molecule has 1 aliphatic heterocycles. The predicted octanol–water partition coefficient (Wildman–Crippen LogP) is 1.89. The fraction of sp³-hybridized carbons (Fsp3) is 0.500. The Balaban J connectivity index is 2.17. The number of aliphatic carboxylic acids is 1. The Morgan fingerprint density at radius 3 is 2.55 bits per heavy atom. The van der Waals surface area contributed by atoms with E-state index in [0.29, 0.717) is 22.2 Å². The first-order valence-corrected chi connectivity index (χ1v) is 11.0. The summed E-state index contributed by atoms with van der Waals surface area (Å²) < 4.78 is 10.9. The van der Waals surface area contributed by atoms with Gasteiger partial charge in [-0.05, 0) is 30.5 Å². The van der Waals surface area contributed by atoms with E-state index in [9.17, 15) is 24.3 Å². The summed E-state index contributed by atoms with van der Waals surface area (Å²) in [6.45, 7) is 3.57. The molecule has 4 N–H and O–H groups in total. The molecule has 0 bridgehead atoms. The number of anilines is 1. The van der Waals surface area contributed by atoms with Crippen LogP contribution in [0.4, 0.5) is 5.69 Å². The van der Waals surface area contributed by atoms with Crippen LogP contribution in [0.5, 0.6) is 0 Å². The van der Waals surface area contributed by atoms with Crippen LogP contribution in [0.25, 0.3) is 0 Å². The Hall–Kier alpha value is -2.50. The molecule has 1 fully saturated rings. The predicted molar refractivity (Wildman–Crippen MR) is 123 cm³/mol. The molecule has 2 atom stereocenters. The van der Waals surface area contributed by atoms with Gasteiger partial charge in [0.15, 0.2) is 5.60 Å². The number of benzene rings is 1. The largest absolute Gasteiger partial charge is 0.552 e. The van der Waals surface area contributed by atoms with Crippen LogP contribution < -0.4 is 16.0 Å². The number of rotatable bonds is 10. The van der Waals surface area contributed by atoms with Crippen LogP contribution in [0.1, 0.15) is 33.1 Å². The first kappa shape index (κ1) is 26.8. The Morgan fingerprint density at radius 2 is 1.94 bits per heavy atom. The van der Waals surface area contributed by atoms with Crippen molar-refractivity contribution in [1.82, 2.24) is 10.6 Å². The van der Waals surface area contributed by atoms with Crippen molar-refractivity contribution in [2.24, 2.45) is 5.92 Å². The molecule has 1 aromatic carbocycles. The van der Waals surface area contributed by atoms with E-state index >= 15 is 0 Å². The average Bonchev–Trinajstić information content (AvgIpc) is 2.72. The molecule has 1 heterocycles. The minimum Gasteiger partial charge on any atom is -0.508 e. The summed E-state index contributed by atoms with van der Waals surface area (Å²) in [5, 5.41) is 18.4. The van der Waals surface area contributed by atoms with Crippen LogP contribution in [0.2, 0.25) is 10.0 Å². The summed E-state index contributed by atoms with van der Waals surface area (Å²) in [5.41, 5.74) is -1.65. The third-order valence-corrected chi connectivity index (χ3v) is 5.47. The number of nitrogens with one attached hydrogen (secondary N) is 3. The first-order valence-electron chi connectivity index (χ1n) is 10.3. The van der Waals surface area contributed by atoms with Gasteiger partial charge in [-0.2, -0.15) is 0 Å². The lowest BCUT2D eigenvalue weighted by atomic mass is 9.70. The fourth-order valence-electron chi connectivity index (χ4n) is 3.32. The summed E-state index contributed by atoms with van der Waals surface area (Å²) >= 11 is 12.0. The highest BCUT2D eigenvalue weighted by Crippen LogP contribution is 2.30. The van der Waals surface area contributed by atoms with Gasteiger partial charge in [-0.1, -0.05) is 37.0 Å². The maximum atomic E-state index is 12.6. The van der Waals surface area contributed by atoms with E-state index in [4.69, 9.17) is 32.5 Å². The summed E-state index contributed by atoms with van der Waals surface area (Å²) in [6.07, 6.45) is -0.900. The van der Waals surface area contributed by atoms with E-state index in [1.807, 2.05) is 13.8 Å². The molecular weight excluding hydrogens is 476 g/mol. The second-order valence-electron chi connectivity index (χ2n) is 8.08. The quantitative estimate of drug-likeness (QED) is 0.356. The molecule has 180 valence electrons. The minimum absolute atomic E-state index is 0.0352. The number of carbonyl (C=O) groups is 4. The number of amides is 2. The first-order chi connectivity index (χ1) is 15.5. The van der Waals surface area contributed by atoms with Gasteiger partial charge in [0, 0.05) is 12.1 Å². The van der Waals surface area contributed by atoms with Crippen molar-refractivity contribution in [2.45, 2.75) is 44.7 Å². The lowest BCUT2D eigenvalue weighted by Gasteiger charge is -2.38. The Bertz CT molecular complexity index is 918. The minimum atomic E-state index is -2.10. The van der Waals surface area contributed by atoms with Crippen molar-refractivity contribution < 1.29 is 33.6 Å². The van der Waals surface area contributed by atoms with Gasteiger partial charge in [0.25, 0.3) is 5.97 Å². The molecule has 0 spiro atoms. The second-order valence-corrected chi connectivity index (χ2v) is 8.93. The molecule has 2 amide bonds. The van der Waals surface area contributed by atoms with Crippen molar-refractivity contribution >= 4 is 59.8 Å². The number of carboxylic acids is 1. The fourth-order valence-corrected chi connectivity index (χ4v) is 3.68. The molecule has 1 aromatic rings. The third kappa shape index (κ3) is 7.51. The molecule has 33 heavy (non-hydrogen) atoms.